The van der Waals surface area contributed by atoms with Crippen LogP contribution in [0.3, 0.4) is 0 Å². The van der Waals surface area contributed by atoms with Crippen LogP contribution in [0.15, 0.2) is 16.3 Å². The van der Waals surface area contributed by atoms with Crippen LogP contribution in [0, 0.1) is 39.9 Å². The third-order valence-corrected chi connectivity index (χ3v) is 4.51. The summed E-state index contributed by atoms with van der Waals surface area (Å²) >= 11 is 0. The summed E-state index contributed by atoms with van der Waals surface area (Å²) in [5.74, 6) is 0.541. The average Bonchev–Trinajstić information content (AvgIpc) is 2.37. The fraction of sp³-hybridized carbons (Fsp3) is 0.688. The normalized spacial score (nSPS) is 35.6. The predicted octanol–water partition coefficient (Wildman–Crippen LogP) is 4.23. The van der Waals surface area contributed by atoms with Crippen LogP contribution in [0.1, 0.15) is 53.9 Å². The van der Waals surface area contributed by atoms with E-state index in [-0.39, 0.29) is 5.92 Å². The van der Waals surface area contributed by atoms with Crippen LogP contribution in [0.5, 0.6) is 0 Å². The molecule has 0 saturated heterocycles. The van der Waals surface area contributed by atoms with Gasteiger partial charge in [-0.15, -0.1) is 0 Å². The number of aliphatic imine (C=N–C) groups is 1. The Hall–Kier alpha value is -1.61. The zero-order valence-corrected chi connectivity index (χ0v) is 12.6. The molecule has 0 aromatic carbocycles. The Morgan fingerprint density at radius 1 is 1.37 bits per heavy atom. The van der Waals surface area contributed by atoms with E-state index in [1.807, 2.05) is 20.8 Å². The minimum atomic E-state index is -0.559. The van der Waals surface area contributed by atoms with Gasteiger partial charge in [0.15, 0.2) is 0 Å². The minimum Gasteiger partial charge on any atom is -0.261 e. The fourth-order valence-electron chi connectivity index (χ4n) is 2.98. The quantitative estimate of drug-likeness (QED) is 0.743. The van der Waals surface area contributed by atoms with Gasteiger partial charge in [-0.2, -0.15) is 10.5 Å². The molecule has 0 amide bonds. The van der Waals surface area contributed by atoms with Crippen molar-refractivity contribution in [1.82, 2.24) is 0 Å². The summed E-state index contributed by atoms with van der Waals surface area (Å²) < 4.78 is 0. The monoisotopic (exact) mass is 257 g/mol. The van der Waals surface area contributed by atoms with Gasteiger partial charge in [0.05, 0.1) is 17.6 Å². The van der Waals surface area contributed by atoms with Crippen molar-refractivity contribution >= 4 is 5.71 Å². The largest absolute Gasteiger partial charge is 0.261 e. The first kappa shape index (κ1) is 15.4. The molecule has 0 N–H and O–H groups in total. The van der Waals surface area contributed by atoms with Crippen LogP contribution >= 0.6 is 0 Å². The molecule has 1 aliphatic rings. The van der Waals surface area contributed by atoms with Gasteiger partial charge in [0.1, 0.15) is 0 Å². The summed E-state index contributed by atoms with van der Waals surface area (Å²) in [7, 11) is 0. The molecule has 102 valence electrons. The number of hydrogen-bond donors (Lipinski definition) is 0. The van der Waals surface area contributed by atoms with E-state index >= 15 is 0 Å². The van der Waals surface area contributed by atoms with Gasteiger partial charge in [-0.3, -0.25) is 4.99 Å². The maximum Gasteiger partial charge on any atom is 0.0926 e. The second-order valence-electron chi connectivity index (χ2n) is 5.72. The molecule has 3 atom stereocenters. The topological polar surface area (TPSA) is 59.9 Å². The summed E-state index contributed by atoms with van der Waals surface area (Å²) in [6, 6.07) is 4.68. The Bertz CT molecular complexity index is 487. The zero-order valence-electron chi connectivity index (χ0n) is 12.6. The number of hydrogen-bond acceptors (Lipinski definition) is 3. The summed E-state index contributed by atoms with van der Waals surface area (Å²) in [4.78, 5) is 4.65. The highest BCUT2D eigenvalue weighted by molar-refractivity contribution is 5.91. The van der Waals surface area contributed by atoms with Gasteiger partial charge in [0, 0.05) is 17.8 Å². The fourth-order valence-corrected chi connectivity index (χ4v) is 2.98. The van der Waals surface area contributed by atoms with Crippen molar-refractivity contribution in [3.8, 4) is 12.1 Å². The summed E-state index contributed by atoms with van der Waals surface area (Å²) in [5.41, 5.74) is 2.65. The highest BCUT2D eigenvalue weighted by atomic mass is 14.8. The van der Waals surface area contributed by atoms with Crippen molar-refractivity contribution < 1.29 is 0 Å². The van der Waals surface area contributed by atoms with Crippen LogP contribution in [-0.2, 0) is 0 Å². The molecule has 0 aromatic heterocycles. The minimum absolute atomic E-state index is 0.227. The standard InChI is InChI=1S/C16H23N3/c1-6-15-11(2)14(7-8-17)9-16(5,10-18)13(4)19-12(15)3/h11,14H,6-7,9H2,1-5H3/b15-12-,19-13?/t11?,14?,16-/m0/s1. The first-order valence-electron chi connectivity index (χ1n) is 6.93. The first-order valence-corrected chi connectivity index (χ1v) is 6.93. The molecular formula is C16H23N3. The maximum absolute atomic E-state index is 9.49. The molecule has 1 heterocycles. The van der Waals surface area contributed by atoms with Crippen molar-refractivity contribution in [3.63, 3.8) is 0 Å². The molecule has 0 bridgehead atoms. The van der Waals surface area contributed by atoms with E-state index in [4.69, 9.17) is 5.26 Å². The second kappa shape index (κ2) is 6.02. The van der Waals surface area contributed by atoms with Gasteiger partial charge in [-0.25, -0.2) is 0 Å². The Labute approximate surface area is 116 Å². The second-order valence-corrected chi connectivity index (χ2v) is 5.72. The maximum atomic E-state index is 9.49. The van der Waals surface area contributed by atoms with Crippen LogP contribution in [-0.4, -0.2) is 5.71 Å². The molecule has 0 fully saturated rings. The molecule has 2 unspecified atom stereocenters. The highest BCUT2D eigenvalue weighted by Crippen LogP contribution is 2.39. The van der Waals surface area contributed by atoms with E-state index < -0.39 is 5.41 Å². The lowest BCUT2D eigenvalue weighted by Crippen LogP contribution is -2.31. The molecule has 1 aliphatic heterocycles. The molecule has 3 nitrogen and oxygen atoms in total. The molecule has 0 radical (unpaired) electrons. The molecule has 19 heavy (non-hydrogen) atoms. The zero-order chi connectivity index (χ0) is 14.6. The Balaban J connectivity index is 3.38. The van der Waals surface area contributed by atoms with Gasteiger partial charge in [0.25, 0.3) is 0 Å². The SMILES string of the molecule is CC/C1=C(\C)N=C(C)[C@](C)(C#N)CC(CC#N)C1C. The van der Waals surface area contributed by atoms with E-state index in [9.17, 15) is 5.26 Å². The van der Waals surface area contributed by atoms with Crippen molar-refractivity contribution in [3.05, 3.63) is 11.3 Å². The molecule has 0 spiro atoms. The predicted molar refractivity (Wildman–Crippen MR) is 77.3 cm³/mol. The lowest BCUT2D eigenvalue weighted by molar-refractivity contribution is 0.315. The number of nitriles is 2. The third-order valence-electron chi connectivity index (χ3n) is 4.51. The van der Waals surface area contributed by atoms with E-state index in [1.165, 1.54) is 5.57 Å². The average molecular weight is 257 g/mol. The lowest BCUT2D eigenvalue weighted by Gasteiger charge is -2.33. The van der Waals surface area contributed by atoms with Crippen LogP contribution < -0.4 is 0 Å². The third kappa shape index (κ3) is 3.04. The van der Waals surface area contributed by atoms with Crippen LogP contribution in [0.2, 0.25) is 0 Å². The lowest BCUT2D eigenvalue weighted by atomic mass is 9.70. The van der Waals surface area contributed by atoms with Crippen molar-refractivity contribution in [2.75, 3.05) is 0 Å². The molecular weight excluding hydrogens is 234 g/mol. The smallest absolute Gasteiger partial charge is 0.0926 e. The number of rotatable bonds is 2. The van der Waals surface area contributed by atoms with Crippen LogP contribution in [0.25, 0.3) is 0 Å². The Morgan fingerprint density at radius 2 is 2.00 bits per heavy atom. The summed E-state index contributed by atoms with van der Waals surface area (Å²) in [6.07, 6.45) is 2.17. The van der Waals surface area contributed by atoms with Gasteiger partial charge in [-0.1, -0.05) is 13.8 Å². The highest BCUT2D eigenvalue weighted by Gasteiger charge is 2.36. The Morgan fingerprint density at radius 3 is 2.47 bits per heavy atom. The Kier molecular flexibility index (Phi) is 4.90. The van der Waals surface area contributed by atoms with E-state index in [0.717, 1.165) is 17.8 Å². The van der Waals surface area contributed by atoms with Crippen LogP contribution in [0.4, 0.5) is 0 Å². The number of allylic oxidation sites excluding steroid dienone is 2. The molecule has 0 saturated carbocycles. The van der Waals surface area contributed by atoms with Gasteiger partial charge in [0.2, 0.25) is 0 Å². The first-order chi connectivity index (χ1) is 8.89. The summed E-state index contributed by atoms with van der Waals surface area (Å²) in [6.45, 7) is 10.2. The molecule has 3 heteroatoms. The van der Waals surface area contributed by atoms with Gasteiger partial charge in [-0.05, 0) is 51.0 Å². The molecule has 0 aliphatic carbocycles. The summed E-state index contributed by atoms with van der Waals surface area (Å²) in [5, 5.41) is 18.5. The van der Waals surface area contributed by atoms with Crippen molar-refractivity contribution in [2.45, 2.75) is 53.9 Å². The molecule has 1 rings (SSSR count). The van der Waals surface area contributed by atoms with Crippen molar-refractivity contribution in [2.24, 2.45) is 22.2 Å². The van der Waals surface area contributed by atoms with E-state index in [2.05, 4.69) is 31.0 Å². The van der Waals surface area contributed by atoms with Gasteiger partial charge < -0.3 is 0 Å². The molecule has 0 aromatic rings. The van der Waals surface area contributed by atoms with E-state index in [0.29, 0.717) is 18.8 Å². The van der Waals surface area contributed by atoms with E-state index in [1.54, 1.807) is 0 Å². The number of nitrogens with zero attached hydrogens (tertiary/aromatic N) is 3. The van der Waals surface area contributed by atoms with Crippen molar-refractivity contribution in [1.29, 1.82) is 10.5 Å². The van der Waals surface area contributed by atoms with Gasteiger partial charge >= 0.3 is 0 Å².